The molecular weight excluding hydrogens is 704 g/mol. The van der Waals surface area contributed by atoms with E-state index in [2.05, 4.69) is 41.5 Å². The van der Waals surface area contributed by atoms with Crippen LogP contribution in [0.4, 0.5) is 0 Å². The quantitative estimate of drug-likeness (QED) is 0.0443. The number of rotatable bonds is 28. The Hall–Kier alpha value is 2.46. The van der Waals surface area contributed by atoms with Crippen molar-refractivity contribution in [3.63, 3.8) is 0 Å². The first-order valence-electron chi connectivity index (χ1n) is 17.2. The molecular formula is C32H68O4P2S4Zn. The second kappa shape index (κ2) is 33.0. The van der Waals surface area contributed by atoms with E-state index in [0.29, 0.717) is 10.5 Å². The zero-order valence-electron chi connectivity index (χ0n) is 29.3. The van der Waals surface area contributed by atoms with Gasteiger partial charge < -0.3 is 18.8 Å². The summed E-state index contributed by atoms with van der Waals surface area (Å²) in [6.07, 6.45) is 23.9. The Labute approximate surface area is 300 Å². The Kier molecular flexibility index (Phi) is 38.2. The van der Waals surface area contributed by atoms with Crippen molar-refractivity contribution in [2.75, 3.05) is 0 Å². The Bertz CT molecular complexity index is 590. The number of hydrogen-bond donors (Lipinski definition) is 0. The van der Waals surface area contributed by atoms with Gasteiger partial charge in [0.1, 0.15) is 0 Å². The molecule has 0 aliphatic carbocycles. The van der Waals surface area contributed by atoms with E-state index in [1.54, 1.807) is 0 Å². The molecule has 0 N–H and O–H groups in total. The topological polar surface area (TPSA) is 64.6 Å². The van der Waals surface area contributed by atoms with E-state index in [1.165, 1.54) is 113 Å². The van der Waals surface area contributed by atoms with Gasteiger partial charge in [0.2, 0.25) is 0 Å². The van der Waals surface area contributed by atoms with Gasteiger partial charge in [0.15, 0.2) is 0 Å². The molecule has 0 radical (unpaired) electrons. The van der Waals surface area contributed by atoms with Gasteiger partial charge in [0.25, 0.3) is 0 Å². The maximum absolute atomic E-state index is 12.4. The third kappa shape index (κ3) is 37.1. The normalized spacial score (nSPS) is 17.0. The van der Waals surface area contributed by atoms with Gasteiger partial charge in [-0.1, -0.05) is 168 Å². The molecule has 0 rings (SSSR count). The Morgan fingerprint density at radius 2 is 0.744 bits per heavy atom. The van der Waals surface area contributed by atoms with Crippen molar-refractivity contribution in [1.82, 2.24) is 0 Å². The first kappa shape index (κ1) is 49.8. The van der Waals surface area contributed by atoms with E-state index in [0.717, 1.165) is 38.5 Å². The van der Waals surface area contributed by atoms with Crippen LogP contribution in [-0.4, -0.2) is 22.7 Å². The third-order valence-electron chi connectivity index (χ3n) is 7.09. The van der Waals surface area contributed by atoms with E-state index < -0.39 is 11.4 Å². The van der Waals surface area contributed by atoms with Crippen LogP contribution >= 0.6 is 34.2 Å². The van der Waals surface area contributed by atoms with Crippen molar-refractivity contribution in [3.05, 3.63) is 0 Å². The summed E-state index contributed by atoms with van der Waals surface area (Å²) in [5, 5.41) is 0.662. The third-order valence-corrected chi connectivity index (χ3v) is 16.3. The monoisotopic (exact) mass is 770 g/mol. The number of unbranched alkanes of at least 4 members (excludes halogenated alkanes) is 12. The minimum absolute atomic E-state index is 0. The van der Waals surface area contributed by atoms with E-state index in [1.807, 2.05) is 13.8 Å². The molecule has 43 heavy (non-hydrogen) atoms. The minimum atomic E-state index is -2.92. The Balaban J connectivity index is -0.000000727. The summed E-state index contributed by atoms with van der Waals surface area (Å²) in [5.74, 6) is 0. The van der Waals surface area contributed by atoms with Crippen molar-refractivity contribution < 1.29 is 38.3 Å². The molecule has 0 aromatic heterocycles. The smallest absolute Gasteiger partial charge is 0.793 e. The molecule has 0 amide bonds. The van der Waals surface area contributed by atoms with E-state index >= 15 is 0 Å². The fraction of sp³-hybridized carbons (Fsp3) is 1.00. The molecule has 0 aliphatic rings. The van der Waals surface area contributed by atoms with Crippen molar-refractivity contribution in [2.45, 2.75) is 207 Å². The van der Waals surface area contributed by atoms with Gasteiger partial charge in [0, 0.05) is 21.9 Å². The van der Waals surface area contributed by atoms with Crippen LogP contribution in [0.1, 0.15) is 184 Å². The molecule has 0 fully saturated rings. The predicted octanol–water partition coefficient (Wildman–Crippen LogP) is 12.1. The molecule has 0 saturated heterocycles. The van der Waals surface area contributed by atoms with Gasteiger partial charge in [-0.05, 0) is 39.5 Å². The average Bonchev–Trinajstić information content (AvgIpc) is 2.89. The van der Waals surface area contributed by atoms with Crippen LogP contribution in [0.25, 0.3) is 0 Å². The molecule has 0 aromatic rings. The van der Waals surface area contributed by atoms with Crippen molar-refractivity contribution >= 4 is 57.8 Å². The molecule has 11 heteroatoms. The van der Waals surface area contributed by atoms with E-state index in [4.69, 9.17) is 32.7 Å². The second-order valence-electron chi connectivity index (χ2n) is 12.0. The van der Waals surface area contributed by atoms with Crippen LogP contribution in [0.5, 0.6) is 0 Å². The van der Waals surface area contributed by atoms with Crippen LogP contribution in [-0.2, 0) is 52.1 Å². The van der Waals surface area contributed by atoms with Gasteiger partial charge in [-0.15, -0.1) is 22.8 Å². The number of hydrogen-bond acceptors (Lipinski definition) is 8. The predicted molar refractivity (Wildman–Crippen MR) is 199 cm³/mol. The van der Waals surface area contributed by atoms with Crippen molar-refractivity contribution in [1.29, 1.82) is 0 Å². The summed E-state index contributed by atoms with van der Waals surface area (Å²) in [6, 6.07) is 0. The van der Waals surface area contributed by atoms with Crippen LogP contribution in [0.2, 0.25) is 0 Å². The molecule has 6 atom stereocenters. The SMILES string of the molecule is CCCCCCC(C)OP([O-])(=S)SC(C)CCCCCC.CCCCCCC(C)OP([O-])(=S)SC(C)CCCCCC.[Zn+2]. The Morgan fingerprint density at radius 3 is 1.00 bits per heavy atom. The summed E-state index contributed by atoms with van der Waals surface area (Å²) in [7, 11) is 0. The molecule has 0 aromatic carbocycles. The fourth-order valence-electron chi connectivity index (χ4n) is 4.58. The second-order valence-corrected chi connectivity index (χ2v) is 24.6. The average molecular weight is 772 g/mol. The maximum atomic E-state index is 12.4. The molecule has 0 spiro atoms. The summed E-state index contributed by atoms with van der Waals surface area (Å²) >= 11 is 13.2. The van der Waals surface area contributed by atoms with E-state index in [-0.39, 0.29) is 31.7 Å². The maximum Gasteiger partial charge on any atom is 2.00 e. The molecule has 256 valence electrons. The molecule has 0 heterocycles. The molecule has 0 saturated carbocycles. The van der Waals surface area contributed by atoms with Crippen LogP contribution in [0, 0.1) is 0 Å². The summed E-state index contributed by atoms with van der Waals surface area (Å²) in [5.41, 5.74) is -5.83. The largest absolute Gasteiger partial charge is 2.00 e. The van der Waals surface area contributed by atoms with Gasteiger partial charge in [0.05, 0.1) is 12.2 Å². The van der Waals surface area contributed by atoms with Crippen molar-refractivity contribution in [3.8, 4) is 0 Å². The van der Waals surface area contributed by atoms with Gasteiger partial charge >= 0.3 is 19.5 Å². The van der Waals surface area contributed by atoms with Gasteiger partial charge in [-0.3, -0.25) is 0 Å². The summed E-state index contributed by atoms with van der Waals surface area (Å²) in [6.45, 7) is 17.1. The zero-order valence-corrected chi connectivity index (χ0v) is 37.3. The fourth-order valence-corrected chi connectivity index (χ4v) is 15.2. The van der Waals surface area contributed by atoms with Crippen molar-refractivity contribution in [2.24, 2.45) is 0 Å². The molecule has 0 bridgehead atoms. The van der Waals surface area contributed by atoms with Gasteiger partial charge in [-0.25, -0.2) is 0 Å². The molecule has 0 aliphatic heterocycles. The van der Waals surface area contributed by atoms with E-state index in [9.17, 15) is 9.79 Å². The molecule has 4 nitrogen and oxygen atoms in total. The Morgan fingerprint density at radius 1 is 0.488 bits per heavy atom. The standard InChI is InChI=1S/2C16H35O2PS2.Zn/c2*1-5-7-9-11-13-15(3)18-19(17,20)21-16(4)14-12-10-8-6-2;/h2*15-16H,5-14H2,1-4H3,(H,17,20);/q;;+2/p-2. The first-order valence-corrected chi connectivity index (χ1v) is 25.4. The summed E-state index contributed by atoms with van der Waals surface area (Å²) < 4.78 is 11.3. The van der Waals surface area contributed by atoms with Gasteiger partial charge in [-0.2, -0.15) is 0 Å². The van der Waals surface area contributed by atoms with Crippen LogP contribution < -0.4 is 9.79 Å². The molecule has 6 unspecified atom stereocenters. The zero-order chi connectivity index (χ0) is 32.3. The summed E-state index contributed by atoms with van der Waals surface area (Å²) in [4.78, 5) is 24.7. The first-order chi connectivity index (χ1) is 19.8. The van der Waals surface area contributed by atoms with Crippen LogP contribution in [0.15, 0.2) is 0 Å². The van der Waals surface area contributed by atoms with Crippen LogP contribution in [0.3, 0.4) is 0 Å². The minimum Gasteiger partial charge on any atom is -0.793 e.